The Kier molecular flexibility index (Phi) is 3.03. The SMILES string of the molecule is CC1COc2c(N3CCC(O)C3)c(F)cc3c(=O)c4c(=O)[nH]oc4n1c23. The van der Waals surface area contributed by atoms with Crippen molar-refractivity contribution in [1.82, 2.24) is 9.72 Å². The van der Waals surface area contributed by atoms with Crippen molar-refractivity contribution in [1.29, 1.82) is 0 Å². The molecule has 2 atom stereocenters. The normalized spacial score (nSPS) is 22.3. The summed E-state index contributed by atoms with van der Waals surface area (Å²) < 4.78 is 27.7. The second-order valence-corrected chi connectivity index (χ2v) is 6.89. The number of nitrogens with zero attached hydrogens (tertiary/aromatic N) is 2. The summed E-state index contributed by atoms with van der Waals surface area (Å²) in [5, 5.41) is 12.0. The van der Waals surface area contributed by atoms with E-state index in [0.717, 1.165) is 6.07 Å². The average molecular weight is 361 g/mol. The van der Waals surface area contributed by atoms with E-state index in [-0.39, 0.29) is 40.6 Å². The number of ether oxygens (including phenoxy) is 1. The lowest BCUT2D eigenvalue weighted by Gasteiger charge is -2.30. The van der Waals surface area contributed by atoms with Gasteiger partial charge in [-0.05, 0) is 19.4 Å². The van der Waals surface area contributed by atoms with Crippen molar-refractivity contribution in [2.45, 2.75) is 25.5 Å². The molecular weight excluding hydrogens is 345 g/mol. The largest absolute Gasteiger partial charge is 0.487 e. The number of aromatic amines is 1. The van der Waals surface area contributed by atoms with Gasteiger partial charge in [-0.3, -0.25) is 14.2 Å². The molecule has 0 saturated carbocycles. The van der Waals surface area contributed by atoms with Crippen LogP contribution in [0.15, 0.2) is 20.2 Å². The van der Waals surface area contributed by atoms with Crippen LogP contribution in [-0.4, -0.2) is 40.6 Å². The van der Waals surface area contributed by atoms with Crippen molar-refractivity contribution in [2.24, 2.45) is 0 Å². The number of β-amino-alcohol motifs (C(OH)–C–C–N with tert-alkyl or cyclic N) is 1. The third kappa shape index (κ3) is 1.86. The van der Waals surface area contributed by atoms with Gasteiger partial charge in [0.2, 0.25) is 11.1 Å². The fraction of sp³-hybridized carbons (Fsp3) is 0.412. The van der Waals surface area contributed by atoms with Crippen LogP contribution in [0.5, 0.6) is 5.75 Å². The smallest absolute Gasteiger partial charge is 0.293 e. The van der Waals surface area contributed by atoms with Crippen LogP contribution < -0.4 is 20.6 Å². The number of aromatic nitrogens is 2. The molecule has 0 aliphatic carbocycles. The summed E-state index contributed by atoms with van der Waals surface area (Å²) in [6.45, 7) is 2.88. The highest BCUT2D eigenvalue weighted by molar-refractivity contribution is 5.98. The number of aliphatic hydroxyl groups excluding tert-OH is 1. The molecule has 136 valence electrons. The first-order chi connectivity index (χ1) is 12.5. The standard InChI is InChI=1S/C17H16FN3O5/c1-7-6-25-15-12-9(4-10(18)13(15)20-3-2-8(22)5-20)14(23)11-16(24)19-26-17(11)21(7)12/h4,7-8,22H,2-3,5-6H2,1H3,(H,19,24). The highest BCUT2D eigenvalue weighted by Gasteiger charge is 2.33. The van der Waals surface area contributed by atoms with Gasteiger partial charge in [0.25, 0.3) is 5.56 Å². The zero-order valence-electron chi connectivity index (χ0n) is 13.9. The van der Waals surface area contributed by atoms with E-state index >= 15 is 0 Å². The van der Waals surface area contributed by atoms with E-state index in [0.29, 0.717) is 25.0 Å². The number of nitrogens with one attached hydrogen (secondary N) is 1. The van der Waals surface area contributed by atoms with Gasteiger partial charge in [-0.15, -0.1) is 0 Å². The summed E-state index contributed by atoms with van der Waals surface area (Å²) in [5.74, 6) is -0.367. The van der Waals surface area contributed by atoms with Gasteiger partial charge in [0.05, 0.1) is 17.5 Å². The van der Waals surface area contributed by atoms with Crippen molar-refractivity contribution in [2.75, 3.05) is 24.6 Å². The number of anilines is 1. The first kappa shape index (κ1) is 15.4. The first-order valence-corrected chi connectivity index (χ1v) is 8.45. The van der Waals surface area contributed by atoms with Crippen LogP contribution in [0, 0.1) is 5.82 Å². The van der Waals surface area contributed by atoms with E-state index in [1.54, 1.807) is 9.47 Å². The van der Waals surface area contributed by atoms with Crippen LogP contribution in [0.4, 0.5) is 10.1 Å². The van der Waals surface area contributed by atoms with Crippen molar-refractivity contribution in [3.63, 3.8) is 0 Å². The van der Waals surface area contributed by atoms with Gasteiger partial charge in [0, 0.05) is 13.1 Å². The van der Waals surface area contributed by atoms with Crippen molar-refractivity contribution in [3.8, 4) is 5.75 Å². The summed E-state index contributed by atoms with van der Waals surface area (Å²) in [6, 6.07) is 0.930. The van der Waals surface area contributed by atoms with Gasteiger partial charge in [-0.1, -0.05) is 0 Å². The molecule has 2 unspecified atom stereocenters. The second-order valence-electron chi connectivity index (χ2n) is 6.89. The molecule has 2 aliphatic heterocycles. The summed E-state index contributed by atoms with van der Waals surface area (Å²) in [4.78, 5) is 26.5. The molecule has 2 aromatic heterocycles. The lowest BCUT2D eigenvalue weighted by molar-refractivity contribution is 0.198. The van der Waals surface area contributed by atoms with Gasteiger partial charge in [0.15, 0.2) is 17.0 Å². The van der Waals surface area contributed by atoms with E-state index in [9.17, 15) is 19.1 Å². The van der Waals surface area contributed by atoms with Crippen molar-refractivity contribution in [3.05, 3.63) is 32.5 Å². The maximum atomic E-state index is 14.9. The lowest BCUT2D eigenvalue weighted by atomic mass is 10.1. The maximum absolute atomic E-state index is 14.9. The molecule has 0 radical (unpaired) electrons. The highest BCUT2D eigenvalue weighted by Crippen LogP contribution is 2.43. The number of rotatable bonds is 1. The number of H-pyrrole nitrogens is 1. The van der Waals surface area contributed by atoms with Crippen LogP contribution in [0.1, 0.15) is 19.4 Å². The molecule has 5 rings (SSSR count). The monoisotopic (exact) mass is 361 g/mol. The Bertz CT molecular complexity index is 1180. The molecule has 0 spiro atoms. The molecule has 4 heterocycles. The second kappa shape index (κ2) is 5.10. The van der Waals surface area contributed by atoms with Crippen LogP contribution in [-0.2, 0) is 0 Å². The van der Waals surface area contributed by atoms with Gasteiger partial charge < -0.3 is 19.3 Å². The number of hydrogen-bond acceptors (Lipinski definition) is 6. The minimum atomic E-state index is -0.636. The predicted molar refractivity (Wildman–Crippen MR) is 91.6 cm³/mol. The molecule has 26 heavy (non-hydrogen) atoms. The Labute approximate surface area is 145 Å². The number of hydrogen-bond donors (Lipinski definition) is 2. The fourth-order valence-electron chi connectivity index (χ4n) is 3.99. The van der Waals surface area contributed by atoms with Crippen LogP contribution >= 0.6 is 0 Å². The Balaban J connectivity index is 1.95. The van der Waals surface area contributed by atoms with Gasteiger partial charge in [-0.2, -0.15) is 5.16 Å². The van der Waals surface area contributed by atoms with E-state index < -0.39 is 22.9 Å². The molecule has 1 saturated heterocycles. The molecule has 2 N–H and O–H groups in total. The topological polar surface area (TPSA) is 101 Å². The molecule has 0 amide bonds. The number of pyridine rings is 1. The number of fused-ring (bicyclic) bond motifs is 2. The maximum Gasteiger partial charge on any atom is 0.293 e. The minimum Gasteiger partial charge on any atom is -0.487 e. The Morgan fingerprint density at radius 1 is 1.38 bits per heavy atom. The number of aliphatic hydroxyl groups is 1. The average Bonchev–Trinajstić information content (AvgIpc) is 3.19. The van der Waals surface area contributed by atoms with Crippen LogP contribution in [0.2, 0.25) is 0 Å². The summed E-state index contributed by atoms with van der Waals surface area (Å²) in [6.07, 6.45) is -0.00144. The molecular formula is C17H16FN3O5. The molecule has 1 fully saturated rings. The van der Waals surface area contributed by atoms with E-state index in [4.69, 9.17) is 9.26 Å². The Morgan fingerprint density at radius 2 is 2.19 bits per heavy atom. The van der Waals surface area contributed by atoms with Gasteiger partial charge in [0.1, 0.15) is 17.8 Å². The fourth-order valence-corrected chi connectivity index (χ4v) is 3.99. The zero-order valence-corrected chi connectivity index (χ0v) is 13.9. The van der Waals surface area contributed by atoms with Crippen LogP contribution in [0.3, 0.4) is 0 Å². The Morgan fingerprint density at radius 3 is 2.92 bits per heavy atom. The quantitative estimate of drug-likeness (QED) is 0.673. The van der Waals surface area contributed by atoms with Crippen LogP contribution in [0.25, 0.3) is 22.0 Å². The third-order valence-electron chi connectivity index (χ3n) is 5.18. The summed E-state index contributed by atoms with van der Waals surface area (Å²) in [7, 11) is 0. The molecule has 3 aromatic rings. The third-order valence-corrected chi connectivity index (χ3v) is 5.18. The van der Waals surface area contributed by atoms with Gasteiger partial charge in [-0.25, -0.2) is 4.39 Å². The minimum absolute atomic E-state index is 0.0759. The lowest BCUT2D eigenvalue weighted by Crippen LogP contribution is -2.28. The van der Waals surface area contributed by atoms with Crippen molar-refractivity contribution >= 4 is 27.7 Å². The number of halogens is 1. The Hall–Kier alpha value is -2.81. The number of benzene rings is 1. The molecule has 9 heteroatoms. The van der Waals surface area contributed by atoms with E-state index in [1.807, 2.05) is 6.92 Å². The molecule has 2 aliphatic rings. The van der Waals surface area contributed by atoms with Crippen molar-refractivity contribution < 1.29 is 18.8 Å². The van der Waals surface area contributed by atoms with Gasteiger partial charge >= 0.3 is 0 Å². The van der Waals surface area contributed by atoms with E-state index in [2.05, 4.69) is 5.16 Å². The predicted octanol–water partition coefficient (Wildman–Crippen LogP) is 1.10. The molecule has 1 aromatic carbocycles. The molecule has 8 nitrogen and oxygen atoms in total. The summed E-state index contributed by atoms with van der Waals surface area (Å²) >= 11 is 0. The van der Waals surface area contributed by atoms with E-state index in [1.165, 1.54) is 0 Å². The molecule has 0 bridgehead atoms. The zero-order chi connectivity index (χ0) is 18.2. The summed E-state index contributed by atoms with van der Waals surface area (Å²) in [5.41, 5.74) is -0.466. The first-order valence-electron chi connectivity index (χ1n) is 8.45. The highest BCUT2D eigenvalue weighted by atomic mass is 19.1.